The molecule has 13 heavy (non-hydrogen) atoms. The standard InChI is InChI=1S/C12H17N/c1-2-3-4-5-6-7-8-9-10-11-12-13/h5-6,8-11H,2-4,7H2,1H3/b6-5+,9-8+,11-10+. The van der Waals surface area contributed by atoms with Crippen LogP contribution in [0.1, 0.15) is 32.6 Å². The first-order chi connectivity index (χ1) is 6.41. The van der Waals surface area contributed by atoms with Crippen LogP contribution in [0.5, 0.6) is 0 Å². The van der Waals surface area contributed by atoms with Crippen molar-refractivity contribution in [2.45, 2.75) is 32.6 Å². The Bertz CT molecular complexity index is 216. The first-order valence-corrected chi connectivity index (χ1v) is 4.78. The molecule has 0 N–H and O–H groups in total. The summed E-state index contributed by atoms with van der Waals surface area (Å²) in [5.74, 6) is 0. The number of nitrogens with zero attached hydrogens (tertiary/aromatic N) is 1. The van der Waals surface area contributed by atoms with Crippen LogP contribution in [0.4, 0.5) is 0 Å². The van der Waals surface area contributed by atoms with Crippen LogP contribution < -0.4 is 0 Å². The van der Waals surface area contributed by atoms with Gasteiger partial charge in [-0.25, -0.2) is 0 Å². The fraction of sp³-hybridized carbons (Fsp3) is 0.417. The van der Waals surface area contributed by atoms with E-state index in [9.17, 15) is 0 Å². The Balaban J connectivity index is 3.34. The number of unbranched alkanes of at least 4 members (excludes halogenated alkanes) is 2. The summed E-state index contributed by atoms with van der Waals surface area (Å²) in [5, 5.41) is 8.18. The van der Waals surface area contributed by atoms with Crippen LogP contribution in [-0.2, 0) is 0 Å². The minimum atomic E-state index is 0.958. The van der Waals surface area contributed by atoms with Crippen LogP contribution >= 0.6 is 0 Å². The largest absolute Gasteiger partial charge is 0.193 e. The van der Waals surface area contributed by atoms with Gasteiger partial charge in [-0.15, -0.1) is 0 Å². The number of nitriles is 1. The molecule has 0 amide bonds. The van der Waals surface area contributed by atoms with Crippen LogP contribution in [0.3, 0.4) is 0 Å². The lowest BCUT2D eigenvalue weighted by Crippen LogP contribution is -1.66. The molecule has 0 saturated carbocycles. The monoisotopic (exact) mass is 175 g/mol. The topological polar surface area (TPSA) is 23.8 Å². The van der Waals surface area contributed by atoms with Gasteiger partial charge in [0.1, 0.15) is 0 Å². The molecular formula is C12H17N. The molecule has 0 heterocycles. The molecule has 0 saturated heterocycles. The molecule has 0 fully saturated rings. The van der Waals surface area contributed by atoms with Gasteiger partial charge in [-0.2, -0.15) is 5.26 Å². The molecule has 0 aliphatic heterocycles. The van der Waals surface area contributed by atoms with Crippen molar-refractivity contribution in [3.63, 3.8) is 0 Å². The fourth-order valence-corrected chi connectivity index (χ4v) is 0.870. The average Bonchev–Trinajstić information content (AvgIpc) is 2.16. The van der Waals surface area contributed by atoms with Crippen LogP contribution in [0.2, 0.25) is 0 Å². The van der Waals surface area contributed by atoms with Gasteiger partial charge in [-0.3, -0.25) is 0 Å². The van der Waals surface area contributed by atoms with Crippen molar-refractivity contribution in [2.75, 3.05) is 0 Å². The van der Waals surface area contributed by atoms with Crippen LogP contribution in [-0.4, -0.2) is 0 Å². The molecule has 0 aromatic heterocycles. The molecule has 0 radical (unpaired) electrons. The molecular weight excluding hydrogens is 158 g/mol. The lowest BCUT2D eigenvalue weighted by molar-refractivity contribution is 0.813. The molecule has 0 unspecified atom stereocenters. The Hall–Kier alpha value is -1.29. The van der Waals surface area contributed by atoms with Crippen molar-refractivity contribution in [3.05, 3.63) is 36.5 Å². The van der Waals surface area contributed by atoms with Crippen molar-refractivity contribution < 1.29 is 0 Å². The molecule has 0 aromatic carbocycles. The van der Waals surface area contributed by atoms with Crippen molar-refractivity contribution in [2.24, 2.45) is 0 Å². The number of hydrogen-bond acceptors (Lipinski definition) is 1. The van der Waals surface area contributed by atoms with Crippen molar-refractivity contribution in [1.29, 1.82) is 5.26 Å². The molecule has 0 atom stereocenters. The van der Waals surface area contributed by atoms with E-state index >= 15 is 0 Å². The summed E-state index contributed by atoms with van der Waals surface area (Å²) < 4.78 is 0. The first-order valence-electron chi connectivity index (χ1n) is 4.78. The van der Waals surface area contributed by atoms with Gasteiger partial charge >= 0.3 is 0 Å². The summed E-state index contributed by atoms with van der Waals surface area (Å²) >= 11 is 0. The van der Waals surface area contributed by atoms with Gasteiger partial charge in [0.05, 0.1) is 6.07 Å². The second-order valence-electron chi connectivity index (χ2n) is 2.77. The predicted octanol–water partition coefficient (Wildman–Crippen LogP) is 3.76. The van der Waals surface area contributed by atoms with Crippen molar-refractivity contribution in [3.8, 4) is 6.07 Å². The molecule has 0 aliphatic carbocycles. The average molecular weight is 175 g/mol. The molecule has 0 bridgehead atoms. The highest BCUT2D eigenvalue weighted by Gasteiger charge is 1.76. The summed E-state index contributed by atoms with van der Waals surface area (Å²) in [6.07, 6.45) is 16.2. The van der Waals surface area contributed by atoms with Crippen LogP contribution in [0, 0.1) is 11.3 Å². The maximum atomic E-state index is 8.18. The highest BCUT2D eigenvalue weighted by molar-refractivity contribution is 5.12. The first kappa shape index (κ1) is 11.7. The van der Waals surface area contributed by atoms with E-state index < -0.39 is 0 Å². The van der Waals surface area contributed by atoms with Gasteiger partial charge < -0.3 is 0 Å². The van der Waals surface area contributed by atoms with E-state index in [2.05, 4.69) is 19.1 Å². The maximum absolute atomic E-state index is 8.18. The minimum absolute atomic E-state index is 0.958. The van der Waals surface area contributed by atoms with Crippen molar-refractivity contribution in [1.82, 2.24) is 0 Å². The molecule has 0 rings (SSSR count). The Morgan fingerprint density at radius 1 is 1.15 bits per heavy atom. The molecule has 0 aliphatic rings. The second kappa shape index (κ2) is 10.7. The van der Waals surface area contributed by atoms with Gasteiger partial charge in [0.15, 0.2) is 0 Å². The molecule has 0 spiro atoms. The molecule has 1 heteroatoms. The second-order valence-corrected chi connectivity index (χ2v) is 2.77. The van der Waals surface area contributed by atoms with E-state index in [1.807, 2.05) is 18.2 Å². The highest BCUT2D eigenvalue weighted by atomic mass is 14.2. The van der Waals surface area contributed by atoms with E-state index in [1.165, 1.54) is 25.3 Å². The summed E-state index contributed by atoms with van der Waals surface area (Å²) in [6.45, 7) is 2.19. The third kappa shape index (κ3) is 10.7. The van der Waals surface area contributed by atoms with E-state index in [0.717, 1.165) is 6.42 Å². The molecule has 0 aromatic rings. The van der Waals surface area contributed by atoms with Crippen LogP contribution in [0.15, 0.2) is 36.5 Å². The maximum Gasteiger partial charge on any atom is 0.0912 e. The van der Waals surface area contributed by atoms with Gasteiger partial charge in [0, 0.05) is 6.08 Å². The smallest absolute Gasteiger partial charge is 0.0912 e. The predicted molar refractivity (Wildman–Crippen MR) is 57.2 cm³/mol. The summed E-state index contributed by atoms with van der Waals surface area (Å²) in [4.78, 5) is 0. The Labute approximate surface area is 81.1 Å². The van der Waals surface area contributed by atoms with Gasteiger partial charge in [-0.1, -0.05) is 50.1 Å². The highest BCUT2D eigenvalue weighted by Crippen LogP contribution is 1.96. The van der Waals surface area contributed by atoms with Gasteiger partial charge in [0.25, 0.3) is 0 Å². The zero-order chi connectivity index (χ0) is 9.78. The summed E-state index contributed by atoms with van der Waals surface area (Å²) in [5.41, 5.74) is 0. The summed E-state index contributed by atoms with van der Waals surface area (Å²) in [6, 6.07) is 1.94. The number of allylic oxidation sites excluding steroid dienone is 6. The van der Waals surface area contributed by atoms with Gasteiger partial charge in [0.2, 0.25) is 0 Å². The summed E-state index contributed by atoms with van der Waals surface area (Å²) in [7, 11) is 0. The molecule has 70 valence electrons. The Morgan fingerprint density at radius 2 is 2.00 bits per heavy atom. The third-order valence-electron chi connectivity index (χ3n) is 1.58. The van der Waals surface area contributed by atoms with E-state index in [0.29, 0.717) is 0 Å². The Kier molecular flexibility index (Phi) is 9.65. The number of rotatable bonds is 6. The van der Waals surface area contributed by atoms with E-state index in [4.69, 9.17) is 5.26 Å². The number of hydrogen-bond donors (Lipinski definition) is 0. The minimum Gasteiger partial charge on any atom is -0.193 e. The zero-order valence-corrected chi connectivity index (χ0v) is 8.24. The van der Waals surface area contributed by atoms with Gasteiger partial charge in [-0.05, 0) is 12.8 Å². The fourth-order valence-electron chi connectivity index (χ4n) is 0.870. The SMILES string of the molecule is CCCC/C=C/C/C=C/C=C/C#N. The normalized spacial score (nSPS) is 11.7. The quantitative estimate of drug-likeness (QED) is 0.261. The zero-order valence-electron chi connectivity index (χ0n) is 8.24. The molecule has 1 nitrogen and oxygen atoms in total. The Morgan fingerprint density at radius 3 is 2.69 bits per heavy atom. The lowest BCUT2D eigenvalue weighted by Gasteiger charge is -1.86. The third-order valence-corrected chi connectivity index (χ3v) is 1.58. The lowest BCUT2D eigenvalue weighted by atomic mass is 10.2. The van der Waals surface area contributed by atoms with Crippen molar-refractivity contribution >= 4 is 0 Å². The van der Waals surface area contributed by atoms with E-state index in [-0.39, 0.29) is 0 Å². The van der Waals surface area contributed by atoms with E-state index in [1.54, 1.807) is 6.08 Å². The van der Waals surface area contributed by atoms with Crippen LogP contribution in [0.25, 0.3) is 0 Å².